The maximum absolute atomic E-state index is 12.5. The van der Waals surface area contributed by atoms with Gasteiger partial charge in [-0.2, -0.15) is 0 Å². The number of benzene rings is 1. The molecule has 0 aliphatic carbocycles. The molecule has 0 saturated carbocycles. The maximum Gasteiger partial charge on any atom is 0.217 e. The minimum atomic E-state index is -3.57. The van der Waals surface area contributed by atoms with Crippen LogP contribution in [-0.4, -0.2) is 23.5 Å². The number of fused-ring (bicyclic) bond motifs is 1. The van der Waals surface area contributed by atoms with Crippen molar-refractivity contribution in [3.05, 3.63) is 78.4 Å². The molecule has 1 aromatic carbocycles. The fourth-order valence-corrected chi connectivity index (χ4v) is 3.79. The van der Waals surface area contributed by atoms with E-state index in [4.69, 9.17) is 4.52 Å². The Morgan fingerprint density at radius 1 is 1.00 bits per heavy atom. The van der Waals surface area contributed by atoms with Gasteiger partial charge in [0, 0.05) is 36.1 Å². The fraction of sp³-hybridized carbons (Fsp3) is 0.105. The maximum atomic E-state index is 12.5. The molecule has 4 aromatic rings. The molecule has 0 atom stereocenters. The molecule has 0 spiro atoms. The molecule has 8 heteroatoms. The molecule has 27 heavy (non-hydrogen) atoms. The summed E-state index contributed by atoms with van der Waals surface area (Å²) in [6.45, 7) is 0.165. The summed E-state index contributed by atoms with van der Waals surface area (Å²) in [7, 11) is -3.57. The van der Waals surface area contributed by atoms with E-state index in [2.05, 4.69) is 19.8 Å². The fourth-order valence-electron chi connectivity index (χ4n) is 2.73. The Balaban J connectivity index is 1.48. The van der Waals surface area contributed by atoms with E-state index in [1.807, 2.05) is 30.3 Å². The predicted octanol–water partition coefficient (Wildman–Crippen LogP) is 2.90. The predicted molar refractivity (Wildman–Crippen MR) is 101 cm³/mol. The third-order valence-electron chi connectivity index (χ3n) is 4.08. The molecule has 3 heterocycles. The third-order valence-corrected chi connectivity index (χ3v) is 5.31. The van der Waals surface area contributed by atoms with Gasteiger partial charge >= 0.3 is 0 Å². The number of pyridine rings is 2. The van der Waals surface area contributed by atoms with E-state index in [1.54, 1.807) is 36.8 Å². The van der Waals surface area contributed by atoms with Crippen LogP contribution >= 0.6 is 0 Å². The number of hydrogen-bond donors (Lipinski definition) is 1. The van der Waals surface area contributed by atoms with Crippen LogP contribution in [0.15, 0.2) is 71.6 Å². The normalized spacial score (nSPS) is 11.7. The van der Waals surface area contributed by atoms with Crippen molar-refractivity contribution in [3.8, 4) is 11.3 Å². The van der Waals surface area contributed by atoms with Gasteiger partial charge in [-0.3, -0.25) is 9.97 Å². The summed E-state index contributed by atoms with van der Waals surface area (Å²) in [5.74, 6) is -0.244. The Bertz CT molecular complexity index is 1170. The van der Waals surface area contributed by atoms with Gasteiger partial charge < -0.3 is 4.52 Å². The molecule has 136 valence electrons. The van der Waals surface area contributed by atoms with Crippen LogP contribution < -0.4 is 4.72 Å². The second-order valence-corrected chi connectivity index (χ2v) is 7.80. The first-order chi connectivity index (χ1) is 13.1. The van der Waals surface area contributed by atoms with E-state index >= 15 is 0 Å². The van der Waals surface area contributed by atoms with Crippen LogP contribution in [0, 0.1) is 0 Å². The lowest BCUT2D eigenvalue weighted by molar-refractivity contribution is 0.448. The highest BCUT2D eigenvalue weighted by Crippen LogP contribution is 2.20. The topological polar surface area (TPSA) is 98.0 Å². The first-order valence-corrected chi connectivity index (χ1v) is 9.92. The molecule has 0 bridgehead atoms. The number of nitrogens with one attached hydrogen (secondary N) is 1. The van der Waals surface area contributed by atoms with Crippen LogP contribution in [0.2, 0.25) is 0 Å². The zero-order valence-electron chi connectivity index (χ0n) is 14.2. The highest BCUT2D eigenvalue weighted by atomic mass is 32.2. The molecule has 1 N–H and O–H groups in total. The van der Waals surface area contributed by atoms with Gasteiger partial charge in [0.05, 0.1) is 5.69 Å². The highest BCUT2D eigenvalue weighted by molar-refractivity contribution is 7.88. The molecule has 0 aliphatic rings. The lowest BCUT2D eigenvalue weighted by atomic mass is 10.1. The Kier molecular flexibility index (Phi) is 4.66. The smallest absolute Gasteiger partial charge is 0.217 e. The molecule has 0 radical (unpaired) electrons. The molecular formula is C19H16N4O3S. The van der Waals surface area contributed by atoms with Crippen LogP contribution in [0.3, 0.4) is 0 Å². The quantitative estimate of drug-likeness (QED) is 0.552. The SMILES string of the molecule is O=S(=O)(Cc1noc2ccccc12)NCc1ccnc(-c2ccncc2)c1. The minimum absolute atomic E-state index is 0.165. The zero-order valence-corrected chi connectivity index (χ0v) is 15.1. The average Bonchev–Trinajstić information content (AvgIpc) is 3.10. The number of rotatable bonds is 6. The third kappa shape index (κ3) is 4.02. The van der Waals surface area contributed by atoms with E-state index in [0.29, 0.717) is 16.7 Å². The summed E-state index contributed by atoms with van der Waals surface area (Å²) in [5, 5.41) is 4.58. The number of hydrogen-bond acceptors (Lipinski definition) is 6. The first-order valence-electron chi connectivity index (χ1n) is 8.27. The number of sulfonamides is 1. The summed E-state index contributed by atoms with van der Waals surface area (Å²) in [4.78, 5) is 8.31. The molecule has 7 nitrogen and oxygen atoms in total. The Morgan fingerprint density at radius 3 is 2.67 bits per heavy atom. The van der Waals surface area contributed by atoms with E-state index in [1.165, 1.54) is 0 Å². The molecule has 0 amide bonds. The second kappa shape index (κ2) is 7.26. The van der Waals surface area contributed by atoms with Crippen molar-refractivity contribution in [1.29, 1.82) is 0 Å². The molecule has 0 fully saturated rings. The van der Waals surface area contributed by atoms with Crippen LogP contribution in [0.1, 0.15) is 11.3 Å². The second-order valence-electron chi connectivity index (χ2n) is 5.99. The van der Waals surface area contributed by atoms with Gasteiger partial charge in [0.2, 0.25) is 10.0 Å². The van der Waals surface area contributed by atoms with E-state index < -0.39 is 10.0 Å². The number of para-hydroxylation sites is 1. The Labute approximate surface area is 156 Å². The Hall–Kier alpha value is -3.10. The summed E-state index contributed by atoms with van der Waals surface area (Å²) in [6, 6.07) is 14.5. The molecule has 0 aliphatic heterocycles. The Morgan fingerprint density at radius 2 is 1.81 bits per heavy atom. The lowest BCUT2D eigenvalue weighted by Crippen LogP contribution is -2.25. The van der Waals surface area contributed by atoms with Crippen LogP contribution in [0.5, 0.6) is 0 Å². The van der Waals surface area contributed by atoms with E-state index in [9.17, 15) is 8.42 Å². The monoisotopic (exact) mass is 380 g/mol. The zero-order chi connectivity index (χ0) is 18.7. The van der Waals surface area contributed by atoms with Crippen LogP contribution in [-0.2, 0) is 22.3 Å². The highest BCUT2D eigenvalue weighted by Gasteiger charge is 2.17. The van der Waals surface area contributed by atoms with Crippen molar-refractivity contribution >= 4 is 21.0 Å². The molecule has 0 unspecified atom stereocenters. The van der Waals surface area contributed by atoms with Gasteiger partial charge in [0.15, 0.2) is 5.58 Å². The summed E-state index contributed by atoms with van der Waals surface area (Å²) >= 11 is 0. The number of aromatic nitrogens is 3. The summed E-state index contributed by atoms with van der Waals surface area (Å²) in [5.41, 5.74) is 3.45. The van der Waals surface area contributed by atoms with Gasteiger partial charge in [-0.25, -0.2) is 13.1 Å². The standard InChI is InChI=1S/C19H16N4O3S/c24-27(25,13-18-16-3-1-2-4-19(16)26-23-18)22-12-14-5-10-21-17(11-14)15-6-8-20-9-7-15/h1-11,22H,12-13H2. The van der Waals surface area contributed by atoms with Gasteiger partial charge in [-0.1, -0.05) is 17.3 Å². The first kappa shape index (κ1) is 17.3. The van der Waals surface area contributed by atoms with Crippen molar-refractivity contribution in [3.63, 3.8) is 0 Å². The van der Waals surface area contributed by atoms with Gasteiger partial charge in [-0.15, -0.1) is 0 Å². The lowest BCUT2D eigenvalue weighted by Gasteiger charge is -2.07. The van der Waals surface area contributed by atoms with E-state index in [0.717, 1.165) is 16.8 Å². The summed E-state index contributed by atoms with van der Waals surface area (Å²) < 4.78 is 32.7. The largest absolute Gasteiger partial charge is 0.356 e. The van der Waals surface area contributed by atoms with Gasteiger partial charge in [-0.05, 0) is 42.0 Å². The van der Waals surface area contributed by atoms with Crippen LogP contribution in [0.4, 0.5) is 0 Å². The molecular weight excluding hydrogens is 364 g/mol. The molecule has 3 aromatic heterocycles. The van der Waals surface area contributed by atoms with Crippen molar-refractivity contribution in [2.45, 2.75) is 12.3 Å². The number of nitrogens with zero attached hydrogens (tertiary/aromatic N) is 3. The van der Waals surface area contributed by atoms with Crippen LogP contribution in [0.25, 0.3) is 22.2 Å². The van der Waals surface area contributed by atoms with Gasteiger partial charge in [0.1, 0.15) is 11.4 Å². The van der Waals surface area contributed by atoms with Crippen molar-refractivity contribution in [1.82, 2.24) is 19.8 Å². The minimum Gasteiger partial charge on any atom is -0.356 e. The van der Waals surface area contributed by atoms with Crippen molar-refractivity contribution in [2.75, 3.05) is 0 Å². The van der Waals surface area contributed by atoms with Crippen molar-refractivity contribution < 1.29 is 12.9 Å². The van der Waals surface area contributed by atoms with E-state index in [-0.39, 0.29) is 12.3 Å². The van der Waals surface area contributed by atoms with Crippen molar-refractivity contribution in [2.24, 2.45) is 0 Å². The summed E-state index contributed by atoms with van der Waals surface area (Å²) in [6.07, 6.45) is 5.04. The van der Waals surface area contributed by atoms with Gasteiger partial charge in [0.25, 0.3) is 0 Å². The average molecular weight is 380 g/mol. The molecule has 4 rings (SSSR count). The molecule has 0 saturated heterocycles.